The Labute approximate surface area is 117 Å². The Balaban J connectivity index is 2.22. The van der Waals surface area contributed by atoms with Crippen LogP contribution < -0.4 is 9.88 Å². The lowest BCUT2D eigenvalue weighted by atomic mass is 10.3. The first-order chi connectivity index (χ1) is 8.86. The molecule has 2 N–H and O–H groups in total. The van der Waals surface area contributed by atoms with Crippen LogP contribution in [0.2, 0.25) is 0 Å². The number of primary sulfonamides is 1. The van der Waals surface area contributed by atoms with Gasteiger partial charge in [-0.3, -0.25) is 0 Å². The minimum atomic E-state index is -3.78. The number of sulfonamides is 1. The Morgan fingerprint density at radius 1 is 1.26 bits per heavy atom. The van der Waals surface area contributed by atoms with Gasteiger partial charge in [0.05, 0.1) is 10.7 Å². The highest BCUT2D eigenvalue weighted by Crippen LogP contribution is 2.25. The van der Waals surface area contributed by atoms with Crippen molar-refractivity contribution in [3.63, 3.8) is 0 Å². The van der Waals surface area contributed by atoms with E-state index in [9.17, 15) is 12.8 Å². The van der Waals surface area contributed by atoms with Gasteiger partial charge in [0.25, 0.3) is 0 Å². The molecule has 19 heavy (non-hydrogen) atoms. The van der Waals surface area contributed by atoms with Crippen molar-refractivity contribution in [2.75, 3.05) is 0 Å². The summed E-state index contributed by atoms with van der Waals surface area (Å²) in [5.41, 5.74) is 0. The molecule has 100 valence electrons. The smallest absolute Gasteiger partial charge is 0.239 e. The molecule has 0 aliphatic heterocycles. The summed E-state index contributed by atoms with van der Waals surface area (Å²) in [4.78, 5) is 3.69. The third kappa shape index (κ3) is 3.49. The van der Waals surface area contributed by atoms with Crippen LogP contribution in [-0.2, 0) is 10.0 Å². The predicted molar refractivity (Wildman–Crippen MR) is 69.8 cm³/mol. The van der Waals surface area contributed by atoms with Crippen LogP contribution in [0.3, 0.4) is 0 Å². The molecule has 8 heteroatoms. The first-order valence-corrected chi connectivity index (χ1v) is 7.32. The van der Waals surface area contributed by atoms with Gasteiger partial charge >= 0.3 is 0 Å². The summed E-state index contributed by atoms with van der Waals surface area (Å²) in [5, 5.41) is 4.94. The van der Waals surface area contributed by atoms with Gasteiger partial charge in [-0.25, -0.2) is 22.9 Å². The van der Waals surface area contributed by atoms with Gasteiger partial charge in [-0.2, -0.15) is 0 Å². The van der Waals surface area contributed by atoms with Gasteiger partial charge in [-0.15, -0.1) is 0 Å². The number of hydrogen-bond acceptors (Lipinski definition) is 4. The number of nitrogens with two attached hydrogens (primary N) is 1. The van der Waals surface area contributed by atoms with Crippen molar-refractivity contribution >= 4 is 26.0 Å². The summed E-state index contributed by atoms with van der Waals surface area (Å²) in [7, 11) is -3.78. The average Bonchev–Trinajstić information content (AvgIpc) is 2.33. The monoisotopic (exact) mass is 346 g/mol. The maximum absolute atomic E-state index is 13.0. The minimum Gasteiger partial charge on any atom is -0.439 e. The first-order valence-electron chi connectivity index (χ1n) is 4.98. The second-order valence-electron chi connectivity index (χ2n) is 3.56. The molecule has 0 amide bonds. The highest BCUT2D eigenvalue weighted by Gasteiger charge is 2.09. The number of aromatic nitrogens is 1. The third-order valence-electron chi connectivity index (χ3n) is 2.15. The minimum absolute atomic E-state index is 0.111. The lowest BCUT2D eigenvalue weighted by Crippen LogP contribution is -2.12. The number of halogens is 2. The van der Waals surface area contributed by atoms with E-state index in [0.717, 1.165) is 6.20 Å². The standard InChI is InChI=1S/C11H8BrFN2O3S/c12-9-5-7(1-3-10(9)13)18-11-4-2-8(6-15-11)19(14,16)17/h1-6H,(H2,14,16,17). The van der Waals surface area contributed by atoms with Crippen LogP contribution in [0.15, 0.2) is 45.9 Å². The van der Waals surface area contributed by atoms with E-state index in [2.05, 4.69) is 20.9 Å². The molecule has 1 aromatic carbocycles. The van der Waals surface area contributed by atoms with E-state index in [1.807, 2.05) is 0 Å². The van der Waals surface area contributed by atoms with Gasteiger partial charge in [-0.05, 0) is 40.2 Å². The zero-order valence-electron chi connectivity index (χ0n) is 9.38. The zero-order valence-corrected chi connectivity index (χ0v) is 11.8. The van der Waals surface area contributed by atoms with Crippen molar-refractivity contribution < 1.29 is 17.5 Å². The van der Waals surface area contributed by atoms with Crippen LogP contribution in [0.25, 0.3) is 0 Å². The Kier molecular flexibility index (Phi) is 3.83. The summed E-state index contributed by atoms with van der Waals surface area (Å²) < 4.78 is 40.7. The number of pyridine rings is 1. The summed E-state index contributed by atoms with van der Waals surface area (Å²) in [6, 6.07) is 6.73. The molecule has 5 nitrogen and oxygen atoms in total. The van der Waals surface area contributed by atoms with Crippen LogP contribution in [-0.4, -0.2) is 13.4 Å². The molecule has 2 rings (SSSR count). The van der Waals surface area contributed by atoms with Gasteiger partial charge in [0.1, 0.15) is 16.5 Å². The Morgan fingerprint density at radius 3 is 2.53 bits per heavy atom. The average molecular weight is 347 g/mol. The van der Waals surface area contributed by atoms with Gasteiger partial charge in [0.2, 0.25) is 15.9 Å². The SMILES string of the molecule is NS(=O)(=O)c1ccc(Oc2ccc(F)c(Br)c2)nc1. The molecule has 1 aromatic heterocycles. The van der Waals surface area contributed by atoms with Crippen LogP contribution in [0, 0.1) is 5.82 Å². The number of rotatable bonds is 3. The summed E-state index contributed by atoms with van der Waals surface area (Å²) in [6.45, 7) is 0. The molecule has 0 atom stereocenters. The maximum Gasteiger partial charge on any atom is 0.239 e. The topological polar surface area (TPSA) is 82.3 Å². The molecule has 0 fully saturated rings. The molecule has 0 unspecified atom stereocenters. The molecule has 0 saturated heterocycles. The van der Waals surface area contributed by atoms with E-state index in [1.165, 1.54) is 30.3 Å². The molecule has 2 aromatic rings. The maximum atomic E-state index is 13.0. The summed E-state index contributed by atoms with van der Waals surface area (Å²) in [6.07, 6.45) is 1.09. The molecule has 0 bridgehead atoms. The fourth-order valence-electron chi connectivity index (χ4n) is 1.26. The second-order valence-corrected chi connectivity index (χ2v) is 5.97. The molecule has 0 saturated carbocycles. The zero-order chi connectivity index (χ0) is 14.0. The molecule has 1 heterocycles. The second kappa shape index (κ2) is 5.24. The lowest BCUT2D eigenvalue weighted by molar-refractivity contribution is 0.459. The highest BCUT2D eigenvalue weighted by molar-refractivity contribution is 9.10. The number of benzene rings is 1. The Hall–Kier alpha value is -1.51. The number of nitrogens with zero attached hydrogens (tertiary/aromatic N) is 1. The first kappa shape index (κ1) is 13.9. The fourth-order valence-corrected chi connectivity index (χ4v) is 2.07. The molecular weight excluding hydrogens is 339 g/mol. The Morgan fingerprint density at radius 2 is 2.00 bits per heavy atom. The van der Waals surface area contributed by atoms with E-state index >= 15 is 0 Å². The van der Waals surface area contributed by atoms with Crippen molar-refractivity contribution in [3.8, 4) is 11.6 Å². The van der Waals surface area contributed by atoms with E-state index in [-0.39, 0.29) is 15.2 Å². The fraction of sp³-hybridized carbons (Fsp3) is 0. The van der Waals surface area contributed by atoms with Crippen molar-refractivity contribution in [3.05, 3.63) is 46.8 Å². The van der Waals surface area contributed by atoms with Crippen LogP contribution in [0.1, 0.15) is 0 Å². The van der Waals surface area contributed by atoms with Crippen molar-refractivity contribution in [2.24, 2.45) is 5.14 Å². The summed E-state index contributed by atoms with van der Waals surface area (Å²) >= 11 is 3.03. The van der Waals surface area contributed by atoms with Crippen molar-refractivity contribution in [1.29, 1.82) is 0 Å². The van der Waals surface area contributed by atoms with Gasteiger partial charge in [0, 0.05) is 6.07 Å². The van der Waals surface area contributed by atoms with Crippen molar-refractivity contribution in [2.45, 2.75) is 4.90 Å². The molecule has 0 aliphatic carbocycles. The third-order valence-corrected chi connectivity index (χ3v) is 3.66. The van der Waals surface area contributed by atoms with Gasteiger partial charge < -0.3 is 4.74 Å². The highest BCUT2D eigenvalue weighted by atomic mass is 79.9. The van der Waals surface area contributed by atoms with E-state index in [0.29, 0.717) is 5.75 Å². The van der Waals surface area contributed by atoms with Gasteiger partial charge in [-0.1, -0.05) is 0 Å². The molecule has 0 aliphatic rings. The molecule has 0 spiro atoms. The number of hydrogen-bond donors (Lipinski definition) is 1. The van der Waals surface area contributed by atoms with Crippen molar-refractivity contribution in [1.82, 2.24) is 4.98 Å². The lowest BCUT2D eigenvalue weighted by Gasteiger charge is -2.05. The molecular formula is C11H8BrFN2O3S. The van der Waals surface area contributed by atoms with E-state index < -0.39 is 15.8 Å². The predicted octanol–water partition coefficient (Wildman–Crippen LogP) is 2.42. The number of ether oxygens (including phenoxy) is 1. The largest absolute Gasteiger partial charge is 0.439 e. The van der Waals surface area contributed by atoms with Gasteiger partial charge in [0.15, 0.2) is 0 Å². The Bertz CT molecular complexity index is 704. The summed E-state index contributed by atoms with van der Waals surface area (Å²) in [5.74, 6) is 0.125. The normalized spacial score (nSPS) is 11.3. The molecule has 0 radical (unpaired) electrons. The van der Waals surface area contributed by atoms with E-state index in [1.54, 1.807) is 0 Å². The van der Waals surface area contributed by atoms with Crippen LogP contribution in [0.5, 0.6) is 11.6 Å². The van der Waals surface area contributed by atoms with Crippen LogP contribution >= 0.6 is 15.9 Å². The van der Waals surface area contributed by atoms with E-state index in [4.69, 9.17) is 9.88 Å². The quantitative estimate of drug-likeness (QED) is 0.925. The van der Waals surface area contributed by atoms with Crippen LogP contribution in [0.4, 0.5) is 4.39 Å².